The molecule has 0 aliphatic carbocycles. The highest BCUT2D eigenvalue weighted by atomic mass is 16.5. The third-order valence-electron chi connectivity index (χ3n) is 2.51. The van der Waals surface area contributed by atoms with Gasteiger partial charge in [0.25, 0.3) is 0 Å². The first kappa shape index (κ1) is 16.9. The van der Waals surface area contributed by atoms with Crippen molar-refractivity contribution in [2.45, 2.75) is 46.8 Å². The molecular formula is C13H26N2O3. The normalized spacial score (nSPS) is 14.4. The van der Waals surface area contributed by atoms with Crippen LogP contribution < -0.4 is 10.6 Å². The van der Waals surface area contributed by atoms with Gasteiger partial charge in [0.15, 0.2) is 0 Å². The Morgan fingerprint density at radius 2 is 1.61 bits per heavy atom. The van der Waals surface area contributed by atoms with Crippen LogP contribution in [0.25, 0.3) is 0 Å². The van der Waals surface area contributed by atoms with Crippen LogP contribution >= 0.6 is 0 Å². The third-order valence-corrected chi connectivity index (χ3v) is 2.51. The van der Waals surface area contributed by atoms with E-state index in [4.69, 9.17) is 4.74 Å². The number of amides is 2. The first-order valence-corrected chi connectivity index (χ1v) is 6.43. The summed E-state index contributed by atoms with van der Waals surface area (Å²) in [7, 11) is 1.55. The summed E-state index contributed by atoms with van der Waals surface area (Å²) in [6.45, 7) is 10.0. The molecule has 0 aromatic carbocycles. The fraction of sp³-hybridized carbons (Fsp3) is 0.846. The highest BCUT2D eigenvalue weighted by Crippen LogP contribution is 2.05. The lowest BCUT2D eigenvalue weighted by molar-refractivity contribution is -0.134. The maximum Gasteiger partial charge on any atom is 0.245 e. The van der Waals surface area contributed by atoms with Crippen molar-refractivity contribution < 1.29 is 14.3 Å². The van der Waals surface area contributed by atoms with Gasteiger partial charge in [-0.3, -0.25) is 9.59 Å². The van der Waals surface area contributed by atoms with Crippen LogP contribution in [-0.2, 0) is 14.3 Å². The van der Waals surface area contributed by atoms with E-state index < -0.39 is 6.04 Å². The molecule has 0 heterocycles. The number of likely N-dealkylation sites (N-methyl/N-ethyl adjacent to an activating group) is 1. The fourth-order valence-electron chi connectivity index (χ4n) is 1.31. The van der Waals surface area contributed by atoms with Crippen LogP contribution in [0.2, 0.25) is 0 Å². The maximum absolute atomic E-state index is 11.8. The quantitative estimate of drug-likeness (QED) is 0.714. The Hall–Kier alpha value is -1.10. The van der Waals surface area contributed by atoms with Crippen molar-refractivity contribution in [2.75, 3.05) is 13.7 Å². The van der Waals surface area contributed by atoms with Crippen LogP contribution in [0, 0.1) is 11.8 Å². The zero-order valence-corrected chi connectivity index (χ0v) is 12.2. The molecule has 5 heteroatoms. The van der Waals surface area contributed by atoms with Gasteiger partial charge in [0.05, 0.1) is 6.10 Å². The van der Waals surface area contributed by atoms with Crippen LogP contribution in [0.4, 0.5) is 0 Å². The second-order valence-corrected chi connectivity index (χ2v) is 5.19. The van der Waals surface area contributed by atoms with E-state index in [0.717, 1.165) is 0 Å². The number of carbonyl (C=O) groups excluding carboxylic acids is 2. The van der Waals surface area contributed by atoms with Gasteiger partial charge in [-0.15, -0.1) is 0 Å². The van der Waals surface area contributed by atoms with Crippen LogP contribution in [0.5, 0.6) is 0 Å². The first-order chi connectivity index (χ1) is 8.29. The molecule has 0 rings (SSSR count). The molecule has 0 saturated heterocycles. The summed E-state index contributed by atoms with van der Waals surface area (Å²) in [5.74, 6) is -0.156. The summed E-state index contributed by atoms with van der Waals surface area (Å²) in [5, 5.41) is 5.26. The average molecular weight is 258 g/mol. The van der Waals surface area contributed by atoms with Gasteiger partial charge in [-0.2, -0.15) is 0 Å². The first-order valence-electron chi connectivity index (χ1n) is 6.43. The molecule has 2 N–H and O–H groups in total. The second kappa shape index (κ2) is 8.08. The van der Waals surface area contributed by atoms with E-state index in [1.165, 1.54) is 0 Å². The van der Waals surface area contributed by atoms with Gasteiger partial charge in [-0.25, -0.2) is 0 Å². The van der Waals surface area contributed by atoms with Crippen molar-refractivity contribution in [3.05, 3.63) is 0 Å². The predicted octanol–water partition coefficient (Wildman–Crippen LogP) is 0.934. The molecule has 5 nitrogen and oxygen atoms in total. The number of nitrogens with one attached hydrogen (secondary N) is 2. The molecule has 0 radical (unpaired) electrons. The molecule has 0 aromatic heterocycles. The highest BCUT2D eigenvalue weighted by molar-refractivity contribution is 5.88. The molecule has 2 amide bonds. The van der Waals surface area contributed by atoms with Gasteiger partial charge in [0.2, 0.25) is 11.8 Å². The lowest BCUT2D eigenvalue weighted by atomic mass is 10.1. The summed E-state index contributed by atoms with van der Waals surface area (Å²) >= 11 is 0. The van der Waals surface area contributed by atoms with E-state index in [1.807, 2.05) is 13.8 Å². The van der Waals surface area contributed by atoms with Crippen molar-refractivity contribution in [3.63, 3.8) is 0 Å². The van der Waals surface area contributed by atoms with Gasteiger partial charge >= 0.3 is 0 Å². The molecule has 0 fully saturated rings. The Balaban J connectivity index is 4.57. The summed E-state index contributed by atoms with van der Waals surface area (Å²) in [5.41, 5.74) is 0. The minimum Gasteiger partial charge on any atom is -0.376 e. The minimum atomic E-state index is -0.649. The van der Waals surface area contributed by atoms with Crippen molar-refractivity contribution in [1.29, 1.82) is 0 Å². The Morgan fingerprint density at radius 3 is 2.00 bits per heavy atom. The Morgan fingerprint density at radius 1 is 1.06 bits per heavy atom. The molecule has 0 spiro atoms. The summed E-state index contributed by atoms with van der Waals surface area (Å²) < 4.78 is 5.59. The smallest absolute Gasteiger partial charge is 0.245 e. The zero-order chi connectivity index (χ0) is 14.3. The van der Waals surface area contributed by atoms with Gasteiger partial charge in [0, 0.05) is 19.6 Å². The molecule has 0 aromatic rings. The maximum atomic E-state index is 11.8. The molecule has 0 aliphatic rings. The molecule has 0 saturated carbocycles. The molecule has 106 valence electrons. The Labute approximate surface area is 110 Å². The number of hydrogen-bond acceptors (Lipinski definition) is 3. The second-order valence-electron chi connectivity index (χ2n) is 5.19. The van der Waals surface area contributed by atoms with Crippen molar-refractivity contribution in [2.24, 2.45) is 11.8 Å². The van der Waals surface area contributed by atoms with E-state index >= 15 is 0 Å². The third kappa shape index (κ3) is 6.00. The van der Waals surface area contributed by atoms with Crippen LogP contribution in [0.3, 0.4) is 0 Å². The lowest BCUT2D eigenvalue weighted by Gasteiger charge is -2.25. The average Bonchev–Trinajstić information content (AvgIpc) is 2.31. The molecule has 18 heavy (non-hydrogen) atoms. The number of rotatable bonds is 7. The Bertz CT molecular complexity index is 277. The largest absolute Gasteiger partial charge is 0.376 e. The SMILES string of the molecule is CNC(=O)C(NC(=O)C(C)C)C(C)OCC(C)C. The van der Waals surface area contributed by atoms with Crippen molar-refractivity contribution in [3.8, 4) is 0 Å². The van der Waals surface area contributed by atoms with Crippen LogP contribution in [0.1, 0.15) is 34.6 Å². The van der Waals surface area contributed by atoms with Crippen molar-refractivity contribution >= 4 is 11.8 Å². The monoisotopic (exact) mass is 258 g/mol. The van der Waals surface area contributed by atoms with E-state index in [9.17, 15) is 9.59 Å². The Kier molecular flexibility index (Phi) is 7.59. The zero-order valence-electron chi connectivity index (χ0n) is 12.2. The minimum absolute atomic E-state index is 0.149. The standard InChI is InChI=1S/C13H26N2O3/c1-8(2)7-18-10(5)11(13(17)14-6)15-12(16)9(3)4/h8-11H,7H2,1-6H3,(H,14,17)(H,15,16). The number of hydrogen-bond donors (Lipinski definition) is 2. The highest BCUT2D eigenvalue weighted by Gasteiger charge is 2.27. The molecule has 0 bridgehead atoms. The number of ether oxygens (including phenoxy) is 1. The predicted molar refractivity (Wildman–Crippen MR) is 71.1 cm³/mol. The van der Waals surface area contributed by atoms with Crippen LogP contribution in [0.15, 0.2) is 0 Å². The van der Waals surface area contributed by atoms with E-state index in [2.05, 4.69) is 10.6 Å². The van der Waals surface area contributed by atoms with Gasteiger partial charge < -0.3 is 15.4 Å². The van der Waals surface area contributed by atoms with Gasteiger partial charge in [-0.1, -0.05) is 27.7 Å². The van der Waals surface area contributed by atoms with Crippen molar-refractivity contribution in [1.82, 2.24) is 10.6 Å². The number of carbonyl (C=O) groups is 2. The topological polar surface area (TPSA) is 67.4 Å². The molecule has 0 aliphatic heterocycles. The summed E-state index contributed by atoms with van der Waals surface area (Å²) in [6.07, 6.45) is -0.352. The van der Waals surface area contributed by atoms with Gasteiger partial charge in [-0.05, 0) is 12.8 Å². The molecular weight excluding hydrogens is 232 g/mol. The van der Waals surface area contributed by atoms with E-state index in [1.54, 1.807) is 27.8 Å². The summed E-state index contributed by atoms with van der Waals surface area (Å²) in [6, 6.07) is -0.649. The summed E-state index contributed by atoms with van der Waals surface area (Å²) in [4.78, 5) is 23.4. The fourth-order valence-corrected chi connectivity index (χ4v) is 1.31. The van der Waals surface area contributed by atoms with E-state index in [-0.39, 0.29) is 23.8 Å². The molecule has 2 atom stereocenters. The molecule has 2 unspecified atom stereocenters. The van der Waals surface area contributed by atoms with Crippen LogP contribution in [-0.4, -0.2) is 37.6 Å². The van der Waals surface area contributed by atoms with Gasteiger partial charge in [0.1, 0.15) is 6.04 Å². The lowest BCUT2D eigenvalue weighted by Crippen LogP contribution is -2.53. The van der Waals surface area contributed by atoms with E-state index in [0.29, 0.717) is 12.5 Å².